The van der Waals surface area contributed by atoms with Crippen molar-refractivity contribution in [3.63, 3.8) is 0 Å². The van der Waals surface area contributed by atoms with Gasteiger partial charge in [-0.1, -0.05) is 18.2 Å². The second kappa shape index (κ2) is 7.02. The van der Waals surface area contributed by atoms with Crippen LogP contribution in [0.15, 0.2) is 36.4 Å². The van der Waals surface area contributed by atoms with E-state index in [1.807, 2.05) is 19.1 Å². The average molecular weight is 285 g/mol. The van der Waals surface area contributed by atoms with Crippen LogP contribution < -0.4 is 14.8 Å². The van der Waals surface area contributed by atoms with E-state index in [1.54, 1.807) is 7.11 Å². The number of anilines is 1. The Morgan fingerprint density at radius 2 is 1.86 bits per heavy atom. The molecule has 0 atom stereocenters. The third-order valence-corrected chi connectivity index (χ3v) is 3.62. The highest BCUT2D eigenvalue weighted by molar-refractivity contribution is 5.54. The van der Waals surface area contributed by atoms with Crippen molar-refractivity contribution in [3.8, 4) is 11.5 Å². The quantitative estimate of drug-likeness (QED) is 0.857. The van der Waals surface area contributed by atoms with Crippen LogP contribution >= 0.6 is 0 Å². The molecular formula is C18H23NO2. The van der Waals surface area contributed by atoms with Crippen molar-refractivity contribution < 1.29 is 9.47 Å². The molecule has 1 N–H and O–H groups in total. The SMILES string of the molecule is CCOc1ccc(CNc2cccc(C)c2C)cc1OC. The molecule has 112 valence electrons. The zero-order valence-electron chi connectivity index (χ0n) is 13.2. The van der Waals surface area contributed by atoms with Crippen molar-refractivity contribution in [1.82, 2.24) is 0 Å². The molecule has 3 nitrogen and oxygen atoms in total. The van der Waals surface area contributed by atoms with E-state index < -0.39 is 0 Å². The number of hydrogen-bond donors (Lipinski definition) is 1. The standard InChI is InChI=1S/C18H23NO2/c1-5-21-17-10-9-15(11-18(17)20-4)12-19-16-8-6-7-13(2)14(16)3/h6-11,19H,5,12H2,1-4H3. The minimum atomic E-state index is 0.635. The molecule has 0 saturated carbocycles. The minimum Gasteiger partial charge on any atom is -0.493 e. The molecule has 0 unspecified atom stereocenters. The van der Waals surface area contributed by atoms with E-state index in [1.165, 1.54) is 16.8 Å². The van der Waals surface area contributed by atoms with E-state index in [0.717, 1.165) is 23.6 Å². The minimum absolute atomic E-state index is 0.635. The molecule has 0 radical (unpaired) electrons. The third kappa shape index (κ3) is 3.69. The summed E-state index contributed by atoms with van der Waals surface area (Å²) >= 11 is 0. The number of rotatable bonds is 6. The first-order chi connectivity index (χ1) is 10.2. The van der Waals surface area contributed by atoms with E-state index in [9.17, 15) is 0 Å². The van der Waals surface area contributed by atoms with Crippen molar-refractivity contribution in [1.29, 1.82) is 0 Å². The Balaban J connectivity index is 2.11. The molecule has 0 spiro atoms. The van der Waals surface area contributed by atoms with Gasteiger partial charge in [0, 0.05) is 12.2 Å². The lowest BCUT2D eigenvalue weighted by molar-refractivity contribution is 0.310. The third-order valence-electron chi connectivity index (χ3n) is 3.62. The lowest BCUT2D eigenvalue weighted by atomic mass is 10.1. The maximum atomic E-state index is 5.54. The lowest BCUT2D eigenvalue weighted by Crippen LogP contribution is -2.03. The van der Waals surface area contributed by atoms with E-state index in [4.69, 9.17) is 9.47 Å². The predicted octanol–water partition coefficient (Wildman–Crippen LogP) is 4.32. The molecule has 0 saturated heterocycles. The number of methoxy groups -OCH3 is 1. The first-order valence-corrected chi connectivity index (χ1v) is 7.25. The van der Waals surface area contributed by atoms with Gasteiger partial charge >= 0.3 is 0 Å². The molecule has 0 aromatic heterocycles. The van der Waals surface area contributed by atoms with Gasteiger partial charge in [0.05, 0.1) is 13.7 Å². The fourth-order valence-electron chi connectivity index (χ4n) is 2.24. The molecular weight excluding hydrogens is 262 g/mol. The van der Waals surface area contributed by atoms with Crippen molar-refractivity contribution in [3.05, 3.63) is 53.1 Å². The molecule has 2 aromatic carbocycles. The summed E-state index contributed by atoms with van der Waals surface area (Å²) in [5.41, 5.74) is 4.92. The van der Waals surface area contributed by atoms with E-state index in [0.29, 0.717) is 6.61 Å². The van der Waals surface area contributed by atoms with Gasteiger partial charge in [-0.05, 0) is 55.7 Å². The monoisotopic (exact) mass is 285 g/mol. The zero-order chi connectivity index (χ0) is 15.2. The molecule has 2 aromatic rings. The number of hydrogen-bond acceptors (Lipinski definition) is 3. The van der Waals surface area contributed by atoms with Crippen LogP contribution in [0.3, 0.4) is 0 Å². The highest BCUT2D eigenvalue weighted by Crippen LogP contribution is 2.28. The van der Waals surface area contributed by atoms with Gasteiger partial charge in [-0.2, -0.15) is 0 Å². The molecule has 0 fully saturated rings. The Labute approximate surface area is 126 Å². The van der Waals surface area contributed by atoms with E-state index in [-0.39, 0.29) is 0 Å². The Morgan fingerprint density at radius 3 is 2.57 bits per heavy atom. The van der Waals surface area contributed by atoms with E-state index >= 15 is 0 Å². The van der Waals surface area contributed by atoms with Crippen molar-refractivity contribution in [2.45, 2.75) is 27.3 Å². The molecule has 3 heteroatoms. The summed E-state index contributed by atoms with van der Waals surface area (Å²) in [5, 5.41) is 3.48. The maximum Gasteiger partial charge on any atom is 0.161 e. The molecule has 0 aliphatic heterocycles. The summed E-state index contributed by atoms with van der Waals surface area (Å²) in [6.07, 6.45) is 0. The van der Waals surface area contributed by atoms with Crippen LogP contribution in [-0.2, 0) is 6.54 Å². The Bertz CT molecular complexity index is 608. The Morgan fingerprint density at radius 1 is 1.05 bits per heavy atom. The molecule has 21 heavy (non-hydrogen) atoms. The fraction of sp³-hybridized carbons (Fsp3) is 0.333. The smallest absolute Gasteiger partial charge is 0.161 e. The average Bonchev–Trinajstić information content (AvgIpc) is 2.50. The number of nitrogens with one attached hydrogen (secondary N) is 1. The lowest BCUT2D eigenvalue weighted by Gasteiger charge is -2.14. The number of aryl methyl sites for hydroxylation is 1. The topological polar surface area (TPSA) is 30.5 Å². The highest BCUT2D eigenvalue weighted by Gasteiger charge is 2.06. The van der Waals surface area contributed by atoms with Gasteiger partial charge in [-0.3, -0.25) is 0 Å². The van der Waals surface area contributed by atoms with Gasteiger partial charge in [-0.15, -0.1) is 0 Å². The van der Waals surface area contributed by atoms with Gasteiger partial charge in [0.2, 0.25) is 0 Å². The number of ether oxygens (including phenoxy) is 2. The summed E-state index contributed by atoms with van der Waals surface area (Å²) < 4.78 is 10.9. The largest absolute Gasteiger partial charge is 0.493 e. The summed E-state index contributed by atoms with van der Waals surface area (Å²) in [6, 6.07) is 12.3. The van der Waals surface area contributed by atoms with Crippen LogP contribution in [-0.4, -0.2) is 13.7 Å². The molecule has 0 bridgehead atoms. The van der Waals surface area contributed by atoms with Crippen LogP contribution in [0.2, 0.25) is 0 Å². The molecule has 0 aliphatic carbocycles. The van der Waals surface area contributed by atoms with Crippen LogP contribution in [0.1, 0.15) is 23.6 Å². The predicted molar refractivity (Wildman–Crippen MR) is 87.4 cm³/mol. The first kappa shape index (κ1) is 15.2. The van der Waals surface area contributed by atoms with Crippen LogP contribution in [0.25, 0.3) is 0 Å². The van der Waals surface area contributed by atoms with Gasteiger partial charge in [0.15, 0.2) is 11.5 Å². The second-order valence-corrected chi connectivity index (χ2v) is 5.02. The Hall–Kier alpha value is -2.16. The van der Waals surface area contributed by atoms with Gasteiger partial charge < -0.3 is 14.8 Å². The van der Waals surface area contributed by atoms with E-state index in [2.05, 4.69) is 43.4 Å². The maximum absolute atomic E-state index is 5.54. The first-order valence-electron chi connectivity index (χ1n) is 7.25. The molecule has 2 rings (SSSR count). The Kier molecular flexibility index (Phi) is 5.09. The molecule has 0 amide bonds. The summed E-state index contributed by atoms with van der Waals surface area (Å²) in [5.74, 6) is 1.56. The second-order valence-electron chi connectivity index (χ2n) is 5.02. The summed E-state index contributed by atoms with van der Waals surface area (Å²) in [4.78, 5) is 0. The van der Waals surface area contributed by atoms with Crippen molar-refractivity contribution >= 4 is 5.69 Å². The fourth-order valence-corrected chi connectivity index (χ4v) is 2.24. The highest BCUT2D eigenvalue weighted by atomic mass is 16.5. The van der Waals surface area contributed by atoms with Gasteiger partial charge in [0.1, 0.15) is 0 Å². The van der Waals surface area contributed by atoms with Gasteiger partial charge in [0.25, 0.3) is 0 Å². The molecule has 0 aliphatic rings. The van der Waals surface area contributed by atoms with Crippen LogP contribution in [0.4, 0.5) is 5.69 Å². The van der Waals surface area contributed by atoms with Gasteiger partial charge in [-0.25, -0.2) is 0 Å². The van der Waals surface area contributed by atoms with Crippen molar-refractivity contribution in [2.24, 2.45) is 0 Å². The normalized spacial score (nSPS) is 10.3. The molecule has 0 heterocycles. The summed E-state index contributed by atoms with van der Waals surface area (Å²) in [6.45, 7) is 7.62. The van der Waals surface area contributed by atoms with Crippen molar-refractivity contribution in [2.75, 3.05) is 19.0 Å². The van der Waals surface area contributed by atoms with Crippen LogP contribution in [0.5, 0.6) is 11.5 Å². The van der Waals surface area contributed by atoms with Crippen LogP contribution in [0, 0.1) is 13.8 Å². The summed E-state index contributed by atoms with van der Waals surface area (Å²) in [7, 11) is 1.67. The number of benzene rings is 2. The zero-order valence-corrected chi connectivity index (χ0v) is 13.2.